The minimum absolute atomic E-state index is 0.924. The standard InChI is InChI=1S/2C4H9.3C3H2O7.2Sn/c2*1-4(2)3;3*4-1(5)9-3(8)10-2(6)7;;/h2*4H,1H2,2-3H3;3*(H,4,5)(H,6,7);;/q;;;;;2*+3/p-6. The van der Waals surface area contributed by atoms with Crippen molar-refractivity contribution < 1.29 is 102 Å². The molecule has 23 heteroatoms. The van der Waals surface area contributed by atoms with Gasteiger partial charge in [-0.15, -0.1) is 0 Å². The summed E-state index contributed by atoms with van der Waals surface area (Å²) in [6, 6.07) is 0. The number of carbonyl (C=O) groups is 9. The smallest absolute Gasteiger partial charge is 0.362 e. The molecular weight excluding hydrogens is 778 g/mol. The van der Waals surface area contributed by atoms with E-state index in [0.29, 0.717) is 0 Å². The average molecular weight is 796 g/mol. The number of ether oxygens (including phenoxy) is 6. The van der Waals surface area contributed by atoms with Crippen molar-refractivity contribution in [2.75, 3.05) is 0 Å². The number of carbonyl (C=O) groups excluding carboxylic acids is 9. The maximum Gasteiger partial charge on any atom is 0.362 e. The van der Waals surface area contributed by atoms with E-state index in [0.717, 1.165) is 11.8 Å². The first-order chi connectivity index (χ1) is 18.1. The molecule has 0 aliphatic heterocycles. The van der Waals surface area contributed by atoms with Crippen LogP contribution in [0.1, 0.15) is 27.7 Å². The monoisotopic (exact) mass is 798 g/mol. The Morgan fingerprint density at radius 1 is 0.425 bits per heavy atom. The molecule has 0 atom stereocenters. The van der Waals surface area contributed by atoms with Gasteiger partial charge >= 0.3 is 112 Å². The molecule has 0 aromatic rings. The summed E-state index contributed by atoms with van der Waals surface area (Å²) >= 11 is 3.33. The van der Waals surface area contributed by atoms with Gasteiger partial charge in [0.25, 0.3) is 36.9 Å². The molecule has 0 amide bonds. The predicted molar refractivity (Wildman–Crippen MR) is 106 cm³/mol. The largest absolute Gasteiger partial charge is 0.467 e. The van der Waals surface area contributed by atoms with Crippen molar-refractivity contribution >= 4 is 100 Å². The number of rotatable bonds is 2. The maximum absolute atomic E-state index is 9.78. The topological polar surface area (TPSA) is 347 Å². The molecule has 0 heterocycles. The zero-order valence-electron chi connectivity index (χ0n) is 20.6. The van der Waals surface area contributed by atoms with Crippen molar-refractivity contribution in [1.29, 1.82) is 0 Å². The predicted octanol–water partition coefficient (Wildman–Crippen LogP) is -4.06. The van der Waals surface area contributed by atoms with Gasteiger partial charge in [0.15, 0.2) is 0 Å². The summed E-state index contributed by atoms with van der Waals surface area (Å²) in [7, 11) is 0. The van der Waals surface area contributed by atoms with E-state index in [9.17, 15) is 73.8 Å². The van der Waals surface area contributed by atoms with E-state index >= 15 is 0 Å². The first-order valence-corrected chi connectivity index (χ1v) is 13.4. The van der Waals surface area contributed by atoms with Crippen molar-refractivity contribution in [2.24, 2.45) is 11.8 Å². The molecule has 0 fully saturated rings. The molecule has 0 aromatic carbocycles. The van der Waals surface area contributed by atoms with E-state index in [4.69, 9.17) is 0 Å². The van der Waals surface area contributed by atoms with Gasteiger partial charge in [-0.3, -0.25) is 0 Å². The molecule has 0 aliphatic carbocycles. The second-order valence-electron chi connectivity index (χ2n) is 6.06. The Morgan fingerprint density at radius 2 is 0.525 bits per heavy atom. The van der Waals surface area contributed by atoms with Gasteiger partial charge in [0.05, 0.1) is 0 Å². The molecule has 0 rings (SSSR count). The third-order valence-electron chi connectivity index (χ3n) is 1.82. The van der Waals surface area contributed by atoms with Gasteiger partial charge < -0.3 is 87.8 Å². The van der Waals surface area contributed by atoms with Crippen LogP contribution in [0.25, 0.3) is 0 Å². The van der Waals surface area contributed by atoms with Gasteiger partial charge in [-0.05, 0) is 0 Å². The van der Waals surface area contributed by atoms with Gasteiger partial charge in [0.1, 0.15) is 0 Å². The fourth-order valence-electron chi connectivity index (χ4n) is 0.471. The second kappa shape index (κ2) is 29.8. The van der Waals surface area contributed by atoms with Gasteiger partial charge in [0, 0.05) is 0 Å². The molecule has 0 aliphatic rings. The number of hydrogen-bond donors (Lipinski definition) is 0. The van der Waals surface area contributed by atoms with Crippen LogP contribution in [-0.4, -0.2) is 100 Å². The van der Waals surface area contributed by atoms with Crippen LogP contribution in [-0.2, 0) is 28.4 Å². The summed E-state index contributed by atoms with van der Waals surface area (Å²) < 4.78 is 21.3. The van der Waals surface area contributed by atoms with Crippen LogP contribution in [0.15, 0.2) is 0 Å². The Morgan fingerprint density at radius 3 is 0.575 bits per heavy atom. The van der Waals surface area contributed by atoms with Crippen LogP contribution in [0.3, 0.4) is 0 Å². The third kappa shape index (κ3) is 64.4. The average Bonchev–Trinajstić information content (AvgIpc) is 2.71. The zero-order chi connectivity index (χ0) is 33.0. The fourth-order valence-corrected chi connectivity index (χ4v) is 0.471. The third-order valence-corrected chi connectivity index (χ3v) is 6.48. The molecule has 21 nitrogen and oxygen atoms in total. The maximum atomic E-state index is 9.78. The molecule has 0 aromatic heterocycles. The van der Waals surface area contributed by atoms with Crippen molar-refractivity contribution in [1.82, 2.24) is 0 Å². The Kier molecular flexibility index (Phi) is 34.3. The molecule has 0 saturated heterocycles. The molecule has 0 radical (unpaired) electrons. The molecule has 0 saturated carbocycles. The molecular formula is C17H18O21Sn2. The van der Waals surface area contributed by atoms with Crippen molar-refractivity contribution in [2.45, 2.75) is 36.6 Å². The quantitative estimate of drug-likeness (QED) is 0.111. The van der Waals surface area contributed by atoms with E-state index in [1.54, 1.807) is 45.0 Å². The Labute approximate surface area is 250 Å². The fraction of sp³-hybridized carbons (Fsp3) is 0.471. The van der Waals surface area contributed by atoms with Crippen molar-refractivity contribution in [3.05, 3.63) is 0 Å². The Balaban J connectivity index is -0.000000132. The first-order valence-electron chi connectivity index (χ1n) is 9.34. The van der Waals surface area contributed by atoms with Crippen molar-refractivity contribution in [3.8, 4) is 0 Å². The van der Waals surface area contributed by atoms with E-state index in [1.165, 1.54) is 8.87 Å². The Hall–Kier alpha value is -3.77. The van der Waals surface area contributed by atoms with Crippen LogP contribution < -0.4 is 30.6 Å². The van der Waals surface area contributed by atoms with E-state index in [2.05, 4.69) is 56.1 Å². The van der Waals surface area contributed by atoms with Crippen LogP contribution in [0.5, 0.6) is 0 Å². The molecule has 0 unspecified atom stereocenters. The van der Waals surface area contributed by atoms with Gasteiger partial charge in [0.2, 0.25) is 0 Å². The van der Waals surface area contributed by atoms with Crippen LogP contribution in [0.2, 0.25) is 8.87 Å². The van der Waals surface area contributed by atoms with Gasteiger partial charge in [-0.2, -0.15) is 0 Å². The van der Waals surface area contributed by atoms with E-state index in [1.807, 2.05) is 0 Å². The Bertz CT molecular complexity index is 680. The molecule has 40 heavy (non-hydrogen) atoms. The number of hydrogen-bond acceptors (Lipinski definition) is 21. The second-order valence-corrected chi connectivity index (χ2v) is 8.39. The van der Waals surface area contributed by atoms with E-state index in [-0.39, 0.29) is 0 Å². The van der Waals surface area contributed by atoms with Crippen LogP contribution in [0, 0.1) is 11.8 Å². The van der Waals surface area contributed by atoms with Gasteiger partial charge in [-0.1, -0.05) is 0 Å². The minimum Gasteiger partial charge on any atom is -0.467 e. The first kappa shape index (κ1) is 46.1. The summed E-state index contributed by atoms with van der Waals surface area (Å²) in [5.41, 5.74) is 0. The van der Waals surface area contributed by atoms with Gasteiger partial charge in [-0.25, -0.2) is 14.4 Å². The SMILES string of the molecule is CC(C)[CH2][Sn+3].CC(C)[CH2][Sn+3].O=C([O-])OC(=O)OC(=O)[O-].O=C([O-])OC(=O)OC(=O)[O-].O=C([O-])OC(=O)OC(=O)[O-]. The molecule has 0 bridgehead atoms. The summed E-state index contributed by atoms with van der Waals surface area (Å²) in [4.78, 5) is 85.4. The summed E-state index contributed by atoms with van der Waals surface area (Å²) in [6.07, 6.45) is -19.0. The zero-order valence-corrected chi connectivity index (χ0v) is 26.4. The summed E-state index contributed by atoms with van der Waals surface area (Å²) in [5.74, 6) is 1.85. The summed E-state index contributed by atoms with van der Waals surface area (Å²) in [6.45, 7) is 8.98. The van der Waals surface area contributed by atoms with Crippen molar-refractivity contribution in [3.63, 3.8) is 0 Å². The van der Waals surface area contributed by atoms with Crippen LogP contribution >= 0.6 is 0 Å². The van der Waals surface area contributed by atoms with Crippen LogP contribution in [0.4, 0.5) is 43.2 Å². The normalized spacial score (nSPS) is 8.45. The minimum atomic E-state index is -2.20. The summed E-state index contributed by atoms with van der Waals surface area (Å²) in [5, 5.41) is 56.1. The van der Waals surface area contributed by atoms with E-state index < -0.39 is 55.4 Å². The molecule has 0 N–H and O–H groups in total. The molecule has 0 spiro atoms. The number of carboxylic acid groups (broad SMARTS) is 6. The molecule has 220 valence electrons.